The Kier molecular flexibility index (Phi) is 7.94. The summed E-state index contributed by atoms with van der Waals surface area (Å²) in [5.41, 5.74) is 0.395. The Morgan fingerprint density at radius 2 is 1.97 bits per heavy atom. The van der Waals surface area contributed by atoms with Crippen LogP contribution in [0.1, 0.15) is 44.3 Å². The van der Waals surface area contributed by atoms with Gasteiger partial charge < -0.3 is 14.2 Å². The quantitative estimate of drug-likeness (QED) is 0.348. The molecule has 1 aliphatic rings. The average Bonchev–Trinajstić information content (AvgIpc) is 2.75. The van der Waals surface area contributed by atoms with Crippen molar-refractivity contribution in [2.75, 3.05) is 19.8 Å². The number of rotatable bonds is 9. The Bertz CT molecular complexity index is 861. The summed E-state index contributed by atoms with van der Waals surface area (Å²) in [6.45, 7) is 6.79. The number of ether oxygens (including phenoxy) is 3. The van der Waals surface area contributed by atoms with Crippen molar-refractivity contribution in [1.82, 2.24) is 0 Å². The van der Waals surface area contributed by atoms with Gasteiger partial charge in [0, 0.05) is 17.7 Å². The van der Waals surface area contributed by atoms with Crippen molar-refractivity contribution in [3.05, 3.63) is 66.0 Å². The molecule has 0 aliphatic carbocycles. The maximum Gasteiger partial charge on any atom is 0.167 e. The van der Waals surface area contributed by atoms with E-state index in [0.717, 1.165) is 25.3 Å². The SMILES string of the molecule is C=CCOc1ccc(-c2ccc(C3CCC(OCCCC)CO3)c(F)c2F)cc1F. The molecule has 1 aliphatic heterocycles. The monoisotopic (exact) mass is 420 g/mol. The summed E-state index contributed by atoms with van der Waals surface area (Å²) >= 11 is 0. The molecule has 0 bridgehead atoms. The zero-order chi connectivity index (χ0) is 21.5. The zero-order valence-electron chi connectivity index (χ0n) is 17.1. The van der Waals surface area contributed by atoms with Gasteiger partial charge in [0.1, 0.15) is 6.61 Å². The molecule has 2 atom stereocenters. The predicted molar refractivity (Wildman–Crippen MR) is 110 cm³/mol. The van der Waals surface area contributed by atoms with Gasteiger partial charge in [-0.25, -0.2) is 13.2 Å². The Balaban J connectivity index is 1.72. The second-order valence-electron chi connectivity index (χ2n) is 7.32. The van der Waals surface area contributed by atoms with Gasteiger partial charge in [0.05, 0.1) is 18.8 Å². The second-order valence-corrected chi connectivity index (χ2v) is 7.32. The van der Waals surface area contributed by atoms with Crippen LogP contribution in [-0.2, 0) is 9.47 Å². The minimum absolute atomic E-state index is 0.00946. The van der Waals surface area contributed by atoms with Crippen LogP contribution in [0, 0.1) is 17.5 Å². The smallest absolute Gasteiger partial charge is 0.167 e. The van der Waals surface area contributed by atoms with E-state index in [-0.39, 0.29) is 35.2 Å². The molecular weight excluding hydrogens is 393 g/mol. The van der Waals surface area contributed by atoms with Gasteiger partial charge in [0.15, 0.2) is 23.2 Å². The van der Waals surface area contributed by atoms with Crippen molar-refractivity contribution >= 4 is 0 Å². The molecule has 0 N–H and O–H groups in total. The van der Waals surface area contributed by atoms with Crippen LogP contribution in [0.2, 0.25) is 0 Å². The summed E-state index contributed by atoms with van der Waals surface area (Å²) in [5.74, 6) is -2.60. The van der Waals surface area contributed by atoms with Crippen LogP contribution in [0.4, 0.5) is 13.2 Å². The molecule has 1 fully saturated rings. The lowest BCUT2D eigenvalue weighted by molar-refractivity contribution is -0.0881. The van der Waals surface area contributed by atoms with Crippen molar-refractivity contribution in [2.45, 2.75) is 44.8 Å². The number of hydrogen-bond donors (Lipinski definition) is 0. The number of unbranched alkanes of at least 4 members (excludes halogenated alkanes) is 1. The van der Waals surface area contributed by atoms with Crippen LogP contribution < -0.4 is 4.74 Å². The molecule has 2 unspecified atom stereocenters. The van der Waals surface area contributed by atoms with Gasteiger partial charge in [0.2, 0.25) is 0 Å². The van der Waals surface area contributed by atoms with Gasteiger partial charge in [-0.05, 0) is 37.0 Å². The summed E-state index contributed by atoms with van der Waals surface area (Å²) in [4.78, 5) is 0. The summed E-state index contributed by atoms with van der Waals surface area (Å²) in [7, 11) is 0. The van der Waals surface area contributed by atoms with Crippen molar-refractivity contribution < 1.29 is 27.4 Å². The van der Waals surface area contributed by atoms with Crippen LogP contribution in [-0.4, -0.2) is 25.9 Å². The number of hydrogen-bond acceptors (Lipinski definition) is 3. The topological polar surface area (TPSA) is 27.7 Å². The lowest BCUT2D eigenvalue weighted by Crippen LogP contribution is -2.28. The Hall–Kier alpha value is -2.31. The van der Waals surface area contributed by atoms with Crippen LogP contribution in [0.5, 0.6) is 5.75 Å². The second kappa shape index (κ2) is 10.6. The largest absolute Gasteiger partial charge is 0.486 e. The predicted octanol–water partition coefficient (Wildman–Crippen LogP) is 6.37. The maximum absolute atomic E-state index is 14.8. The standard InChI is InChI=1S/C24H27F3O3/c1-3-5-13-28-17-7-11-21(30-15-17)19-9-8-18(23(26)24(19)27)16-6-10-22(20(25)14-16)29-12-4-2/h4,6,8-10,14,17,21H,2-3,5,7,11-13,15H2,1H3. The minimum atomic E-state index is -1.02. The fraction of sp³-hybridized carbons (Fsp3) is 0.417. The van der Waals surface area contributed by atoms with E-state index in [4.69, 9.17) is 14.2 Å². The van der Waals surface area contributed by atoms with Crippen LogP contribution in [0.3, 0.4) is 0 Å². The van der Waals surface area contributed by atoms with E-state index in [9.17, 15) is 13.2 Å². The van der Waals surface area contributed by atoms with E-state index in [1.165, 1.54) is 30.3 Å². The Morgan fingerprint density at radius 1 is 1.13 bits per heavy atom. The molecular formula is C24H27F3O3. The molecule has 0 aromatic heterocycles. The normalized spacial score (nSPS) is 18.9. The van der Waals surface area contributed by atoms with Crippen molar-refractivity contribution in [3.8, 4) is 16.9 Å². The maximum atomic E-state index is 14.8. The molecule has 2 aromatic rings. The fourth-order valence-electron chi connectivity index (χ4n) is 3.47. The van der Waals surface area contributed by atoms with Crippen molar-refractivity contribution in [2.24, 2.45) is 0 Å². The van der Waals surface area contributed by atoms with Crippen LogP contribution >= 0.6 is 0 Å². The molecule has 30 heavy (non-hydrogen) atoms. The Morgan fingerprint density at radius 3 is 2.63 bits per heavy atom. The zero-order valence-corrected chi connectivity index (χ0v) is 17.1. The highest BCUT2D eigenvalue weighted by atomic mass is 19.2. The van der Waals surface area contributed by atoms with Gasteiger partial charge in [-0.2, -0.15) is 0 Å². The first kappa shape index (κ1) is 22.4. The molecule has 1 saturated heterocycles. The van der Waals surface area contributed by atoms with Crippen molar-refractivity contribution in [3.63, 3.8) is 0 Å². The lowest BCUT2D eigenvalue weighted by atomic mass is 9.96. The van der Waals surface area contributed by atoms with E-state index in [1.54, 1.807) is 0 Å². The highest BCUT2D eigenvalue weighted by Crippen LogP contribution is 2.35. The fourth-order valence-corrected chi connectivity index (χ4v) is 3.47. The van der Waals surface area contributed by atoms with Crippen LogP contribution in [0.15, 0.2) is 43.0 Å². The molecule has 0 saturated carbocycles. The summed E-state index contributed by atoms with van der Waals surface area (Å²) in [5, 5.41) is 0. The van der Waals surface area contributed by atoms with E-state index in [0.29, 0.717) is 19.6 Å². The van der Waals surface area contributed by atoms with Gasteiger partial charge in [-0.3, -0.25) is 0 Å². The molecule has 0 spiro atoms. The molecule has 3 rings (SSSR count). The van der Waals surface area contributed by atoms with Gasteiger partial charge in [-0.1, -0.05) is 44.2 Å². The number of halogens is 3. The first-order chi connectivity index (χ1) is 14.5. The Labute approximate surface area is 175 Å². The molecule has 2 aromatic carbocycles. The van der Waals surface area contributed by atoms with E-state index in [1.807, 2.05) is 0 Å². The lowest BCUT2D eigenvalue weighted by Gasteiger charge is -2.29. The molecule has 6 heteroatoms. The van der Waals surface area contributed by atoms with E-state index in [2.05, 4.69) is 13.5 Å². The minimum Gasteiger partial charge on any atom is -0.486 e. The third-order valence-corrected chi connectivity index (χ3v) is 5.14. The average molecular weight is 420 g/mol. The highest BCUT2D eigenvalue weighted by Gasteiger charge is 2.27. The summed E-state index contributed by atoms with van der Waals surface area (Å²) in [6.07, 6.45) is 4.29. The highest BCUT2D eigenvalue weighted by molar-refractivity contribution is 5.66. The van der Waals surface area contributed by atoms with Crippen molar-refractivity contribution in [1.29, 1.82) is 0 Å². The molecule has 0 amide bonds. The first-order valence-corrected chi connectivity index (χ1v) is 10.3. The molecule has 3 nitrogen and oxygen atoms in total. The summed E-state index contributed by atoms with van der Waals surface area (Å²) < 4.78 is 60.5. The van der Waals surface area contributed by atoms with E-state index >= 15 is 0 Å². The van der Waals surface area contributed by atoms with Crippen LogP contribution in [0.25, 0.3) is 11.1 Å². The van der Waals surface area contributed by atoms with E-state index < -0.39 is 23.6 Å². The third-order valence-electron chi connectivity index (χ3n) is 5.14. The molecule has 1 heterocycles. The van der Waals surface area contributed by atoms with Gasteiger partial charge in [0.25, 0.3) is 0 Å². The van der Waals surface area contributed by atoms with Gasteiger partial charge >= 0.3 is 0 Å². The number of benzene rings is 2. The first-order valence-electron chi connectivity index (χ1n) is 10.3. The molecule has 0 radical (unpaired) electrons. The van der Waals surface area contributed by atoms with Gasteiger partial charge in [-0.15, -0.1) is 0 Å². The molecule has 162 valence electrons. The third kappa shape index (κ3) is 5.24. The summed E-state index contributed by atoms with van der Waals surface area (Å²) in [6, 6.07) is 6.98.